The summed E-state index contributed by atoms with van der Waals surface area (Å²) in [5.41, 5.74) is 11.4. The molecule has 3 N–H and O–H groups in total. The maximum atomic E-state index is 13.3. The van der Waals surface area contributed by atoms with Crippen LogP contribution in [0, 0.1) is 0 Å². The third kappa shape index (κ3) is 4.11. The quantitative estimate of drug-likeness (QED) is 0.291. The average Bonchev–Trinajstić information content (AvgIpc) is 3.72. The highest BCUT2D eigenvalue weighted by molar-refractivity contribution is 7.89. The third-order valence-electron chi connectivity index (χ3n) is 8.17. The van der Waals surface area contributed by atoms with E-state index >= 15 is 0 Å². The van der Waals surface area contributed by atoms with Crippen LogP contribution in [-0.4, -0.2) is 65.4 Å². The van der Waals surface area contributed by atoms with Crippen LogP contribution in [0.2, 0.25) is 0 Å². The number of piperidine rings is 1. The minimum absolute atomic E-state index is 0.152. The Morgan fingerprint density at radius 1 is 1.00 bits per heavy atom. The van der Waals surface area contributed by atoms with Gasteiger partial charge in [-0.1, -0.05) is 36.4 Å². The van der Waals surface area contributed by atoms with Gasteiger partial charge in [0.1, 0.15) is 12.1 Å². The number of carbonyl (C=O) groups is 1. The number of sulfonamides is 1. The number of Topliss-reactive ketones (excluding diaryl/α,β-unsaturated/α-hetero) is 1. The Balaban J connectivity index is 1.27. The van der Waals surface area contributed by atoms with Crippen LogP contribution in [0.1, 0.15) is 54.6 Å². The summed E-state index contributed by atoms with van der Waals surface area (Å²) < 4.78 is 29.7. The van der Waals surface area contributed by atoms with E-state index in [1.54, 1.807) is 16.7 Å². The molecule has 208 valence electrons. The largest absolute Gasteiger partial charge is 0.383 e. The minimum atomic E-state index is -3.82. The van der Waals surface area contributed by atoms with Gasteiger partial charge in [-0.2, -0.15) is 19.0 Å². The van der Waals surface area contributed by atoms with E-state index in [4.69, 9.17) is 10.7 Å². The Labute approximate surface area is 235 Å². The van der Waals surface area contributed by atoms with Crippen LogP contribution >= 0.6 is 0 Å². The van der Waals surface area contributed by atoms with Gasteiger partial charge in [-0.25, -0.2) is 23.5 Å². The van der Waals surface area contributed by atoms with Gasteiger partial charge in [-0.3, -0.25) is 9.78 Å². The normalized spacial score (nSPS) is 21.0. The van der Waals surface area contributed by atoms with Gasteiger partial charge < -0.3 is 5.73 Å². The monoisotopic (exact) mass is 569 g/mol. The summed E-state index contributed by atoms with van der Waals surface area (Å²) in [6.45, 7) is 1.47. The van der Waals surface area contributed by atoms with Crippen LogP contribution in [-0.2, 0) is 10.0 Å². The van der Waals surface area contributed by atoms with Crippen molar-refractivity contribution in [3.05, 3.63) is 72.4 Å². The number of nitrogens with zero attached hydrogens (tertiary/aromatic N) is 7. The summed E-state index contributed by atoms with van der Waals surface area (Å²) >= 11 is 0. The second-order valence-electron chi connectivity index (χ2n) is 10.6. The highest BCUT2D eigenvalue weighted by atomic mass is 32.2. The number of hydrogen-bond donors (Lipinski definition) is 2. The van der Waals surface area contributed by atoms with Gasteiger partial charge in [0, 0.05) is 40.9 Å². The summed E-state index contributed by atoms with van der Waals surface area (Å²) in [6, 6.07) is 13.3. The molecular formula is C28H27N9O3S. The lowest BCUT2D eigenvalue weighted by molar-refractivity contribution is 0.101. The Morgan fingerprint density at radius 2 is 1.76 bits per heavy atom. The van der Waals surface area contributed by atoms with Crippen LogP contribution in [0.25, 0.3) is 28.0 Å². The van der Waals surface area contributed by atoms with E-state index in [9.17, 15) is 13.2 Å². The predicted octanol–water partition coefficient (Wildman–Crippen LogP) is 3.46. The van der Waals surface area contributed by atoms with E-state index < -0.39 is 10.0 Å². The van der Waals surface area contributed by atoms with Gasteiger partial charge in [-0.05, 0) is 38.7 Å². The third-order valence-corrected chi connectivity index (χ3v) is 10.0. The Hall–Kier alpha value is -4.49. The molecule has 2 bridgehead atoms. The van der Waals surface area contributed by atoms with Crippen molar-refractivity contribution in [1.29, 1.82) is 0 Å². The Morgan fingerprint density at radius 3 is 2.39 bits per heavy atom. The van der Waals surface area contributed by atoms with E-state index in [1.807, 2.05) is 42.5 Å². The molecule has 0 radical (unpaired) electrons. The fraction of sp³-hybridized carbons (Fsp3) is 0.286. The standard InChI is InChI=1S/C28H27N9O3S/c1-16(38)24-25(19-11-20-8-9-21(12-19)37(20)41(39,40)28-31-15-32-35-28)34-27-22(14-33-36(27)26(24)29)18-7-10-23(30-13-18)17-5-3-2-4-6-17/h2-7,10,13-15,19-21H,8-9,11-12,29H2,1H3,(H,31,32,35)/t19?,20-,21?/m1/s1. The van der Waals surface area contributed by atoms with Crippen molar-refractivity contribution in [1.82, 2.24) is 39.1 Å². The first-order valence-corrected chi connectivity index (χ1v) is 14.9. The van der Waals surface area contributed by atoms with E-state index in [0.717, 1.165) is 35.2 Å². The van der Waals surface area contributed by atoms with Crippen molar-refractivity contribution in [2.45, 2.75) is 55.8 Å². The number of nitrogens with two attached hydrogens (primary N) is 1. The van der Waals surface area contributed by atoms with Crippen LogP contribution in [0.4, 0.5) is 5.82 Å². The Bertz CT molecular complexity index is 1860. The van der Waals surface area contributed by atoms with Crippen LogP contribution in [0.3, 0.4) is 0 Å². The molecule has 0 amide bonds. The number of anilines is 1. The zero-order valence-corrected chi connectivity index (χ0v) is 23.0. The number of pyridine rings is 1. The summed E-state index contributed by atoms with van der Waals surface area (Å²) in [4.78, 5) is 26.4. The molecule has 2 aliphatic rings. The fourth-order valence-corrected chi connectivity index (χ4v) is 8.11. The molecule has 0 saturated carbocycles. The van der Waals surface area contributed by atoms with Crippen molar-refractivity contribution in [2.75, 3.05) is 5.73 Å². The first-order valence-electron chi connectivity index (χ1n) is 13.4. The second kappa shape index (κ2) is 9.56. The van der Waals surface area contributed by atoms with Crippen molar-refractivity contribution in [3.63, 3.8) is 0 Å². The first kappa shape index (κ1) is 25.5. The van der Waals surface area contributed by atoms with Crippen LogP contribution in [0.5, 0.6) is 0 Å². The average molecular weight is 570 g/mol. The SMILES string of the molecule is CC(=O)c1c(C2CC3CC[C@H](C2)N3S(=O)(=O)c2ncn[nH]2)nc2c(-c3ccc(-c4ccccc4)nc3)cnn2c1N. The minimum Gasteiger partial charge on any atom is -0.383 e. The van der Waals surface area contributed by atoms with Gasteiger partial charge in [0.15, 0.2) is 11.4 Å². The second-order valence-corrected chi connectivity index (χ2v) is 12.3. The van der Waals surface area contributed by atoms with Crippen molar-refractivity contribution >= 4 is 27.3 Å². The molecule has 0 spiro atoms. The van der Waals surface area contributed by atoms with Gasteiger partial charge in [0.05, 0.1) is 23.1 Å². The topological polar surface area (TPSA) is 165 Å². The van der Waals surface area contributed by atoms with Crippen molar-refractivity contribution < 1.29 is 13.2 Å². The van der Waals surface area contributed by atoms with Crippen LogP contribution < -0.4 is 5.73 Å². The molecule has 5 aromatic rings. The van der Waals surface area contributed by atoms with Crippen LogP contribution in [0.15, 0.2) is 66.3 Å². The maximum Gasteiger partial charge on any atom is 0.278 e. The summed E-state index contributed by atoms with van der Waals surface area (Å²) in [7, 11) is -3.82. The predicted molar refractivity (Wildman–Crippen MR) is 150 cm³/mol. The first-order chi connectivity index (χ1) is 19.8. The molecule has 6 heterocycles. The molecule has 4 aromatic heterocycles. The van der Waals surface area contributed by atoms with E-state index in [0.29, 0.717) is 29.7 Å². The van der Waals surface area contributed by atoms with Gasteiger partial charge >= 0.3 is 0 Å². The molecule has 13 heteroatoms. The van der Waals surface area contributed by atoms with E-state index in [2.05, 4.69) is 25.3 Å². The molecule has 41 heavy (non-hydrogen) atoms. The molecule has 2 fully saturated rings. The molecule has 2 saturated heterocycles. The zero-order chi connectivity index (χ0) is 28.3. The highest BCUT2D eigenvalue weighted by Crippen LogP contribution is 2.46. The number of benzene rings is 1. The molecule has 7 rings (SSSR count). The highest BCUT2D eigenvalue weighted by Gasteiger charge is 2.49. The number of nitrogen functional groups attached to an aromatic ring is 1. The lowest BCUT2D eigenvalue weighted by Gasteiger charge is -2.37. The molecule has 0 aliphatic carbocycles. The number of hydrogen-bond acceptors (Lipinski definition) is 9. The number of fused-ring (bicyclic) bond motifs is 3. The van der Waals surface area contributed by atoms with Crippen molar-refractivity contribution in [3.8, 4) is 22.4 Å². The maximum absolute atomic E-state index is 13.3. The Kier molecular flexibility index (Phi) is 5.94. The smallest absolute Gasteiger partial charge is 0.278 e. The lowest BCUT2D eigenvalue weighted by atomic mass is 9.86. The molecule has 1 aromatic carbocycles. The molecule has 2 aliphatic heterocycles. The number of aromatic amines is 1. The number of rotatable bonds is 6. The van der Waals surface area contributed by atoms with E-state index in [1.165, 1.54) is 17.8 Å². The number of carbonyl (C=O) groups excluding carboxylic acids is 1. The molecule has 12 nitrogen and oxygen atoms in total. The molecule has 2 unspecified atom stereocenters. The molecule has 3 atom stereocenters. The molecular weight excluding hydrogens is 542 g/mol. The lowest BCUT2D eigenvalue weighted by Crippen LogP contribution is -2.46. The zero-order valence-electron chi connectivity index (χ0n) is 22.2. The number of ketones is 1. The summed E-state index contributed by atoms with van der Waals surface area (Å²) in [5, 5.41) is 10.5. The number of H-pyrrole nitrogens is 1. The summed E-state index contributed by atoms with van der Waals surface area (Å²) in [6.07, 6.45) is 7.13. The van der Waals surface area contributed by atoms with Gasteiger partial charge in [0.25, 0.3) is 15.2 Å². The van der Waals surface area contributed by atoms with Gasteiger partial charge in [0.2, 0.25) is 0 Å². The van der Waals surface area contributed by atoms with E-state index in [-0.39, 0.29) is 34.8 Å². The number of aromatic nitrogens is 7. The van der Waals surface area contributed by atoms with Crippen molar-refractivity contribution in [2.24, 2.45) is 0 Å². The fourth-order valence-electron chi connectivity index (χ4n) is 6.39. The van der Waals surface area contributed by atoms with Gasteiger partial charge in [-0.15, -0.1) is 0 Å². The number of nitrogens with one attached hydrogen (secondary N) is 1. The summed E-state index contributed by atoms with van der Waals surface area (Å²) in [5.74, 6) is -0.134.